The number of hydrogen-bond donors (Lipinski definition) is 1. The maximum absolute atomic E-state index is 13.0. The molecular weight excluding hydrogens is 388 g/mol. The first-order valence-corrected chi connectivity index (χ1v) is 11.4. The summed E-state index contributed by atoms with van der Waals surface area (Å²) in [6.07, 6.45) is 3.02. The molecule has 1 aliphatic heterocycles. The molecule has 4 rings (SSSR count). The van der Waals surface area contributed by atoms with E-state index in [1.165, 1.54) is 5.56 Å². The van der Waals surface area contributed by atoms with Gasteiger partial charge in [-0.05, 0) is 54.5 Å². The van der Waals surface area contributed by atoms with Gasteiger partial charge in [0.05, 0.1) is 6.04 Å². The van der Waals surface area contributed by atoms with E-state index in [1.54, 1.807) is 0 Å². The SMILES string of the molecule is CC[C@H](Oc1ccc2c(c1)[C@H](c1ccccc1)N(C(=O)C(C)C)CC2)C(=O)NC1CC1. The van der Waals surface area contributed by atoms with E-state index in [-0.39, 0.29) is 23.8 Å². The molecule has 5 nitrogen and oxygen atoms in total. The van der Waals surface area contributed by atoms with Gasteiger partial charge in [-0.1, -0.05) is 57.2 Å². The molecule has 0 saturated heterocycles. The summed E-state index contributed by atoms with van der Waals surface area (Å²) in [6, 6.07) is 16.4. The van der Waals surface area contributed by atoms with Crippen LogP contribution in [0.3, 0.4) is 0 Å². The number of amides is 2. The standard InChI is InChI=1S/C26H32N2O3/c1-4-23(25(29)27-20-11-12-20)31-21-13-10-18-14-15-28(26(30)17(2)3)24(22(18)16-21)19-8-6-5-7-9-19/h5-10,13,16-17,20,23-24H,4,11-12,14-15H2,1-3H3,(H,27,29)/t23-,24-/m0/s1. The van der Waals surface area contributed by atoms with Gasteiger partial charge >= 0.3 is 0 Å². The molecule has 1 N–H and O–H groups in total. The quantitative estimate of drug-likeness (QED) is 0.728. The second-order valence-corrected chi connectivity index (χ2v) is 8.91. The van der Waals surface area contributed by atoms with Crippen molar-refractivity contribution in [3.63, 3.8) is 0 Å². The summed E-state index contributed by atoms with van der Waals surface area (Å²) in [5, 5.41) is 3.04. The third kappa shape index (κ3) is 4.76. The fraction of sp³-hybridized carbons (Fsp3) is 0.462. The minimum atomic E-state index is -0.509. The van der Waals surface area contributed by atoms with Crippen LogP contribution in [0.5, 0.6) is 5.75 Å². The van der Waals surface area contributed by atoms with Gasteiger partial charge in [-0.15, -0.1) is 0 Å². The predicted octanol–water partition coefficient (Wildman–Crippen LogP) is 4.25. The predicted molar refractivity (Wildman–Crippen MR) is 121 cm³/mol. The van der Waals surface area contributed by atoms with E-state index in [2.05, 4.69) is 23.5 Å². The first-order chi connectivity index (χ1) is 15.0. The van der Waals surface area contributed by atoms with Crippen LogP contribution in [0.15, 0.2) is 48.5 Å². The maximum Gasteiger partial charge on any atom is 0.261 e. The molecule has 0 spiro atoms. The minimum Gasteiger partial charge on any atom is -0.481 e. The van der Waals surface area contributed by atoms with Crippen LogP contribution in [0.25, 0.3) is 0 Å². The average molecular weight is 421 g/mol. The van der Waals surface area contributed by atoms with Crippen molar-refractivity contribution in [1.82, 2.24) is 10.2 Å². The number of fused-ring (bicyclic) bond motifs is 1. The van der Waals surface area contributed by atoms with Crippen molar-refractivity contribution in [3.8, 4) is 5.75 Å². The Morgan fingerprint density at radius 2 is 1.87 bits per heavy atom. The van der Waals surface area contributed by atoms with Gasteiger partial charge in [0, 0.05) is 18.5 Å². The summed E-state index contributed by atoms with van der Waals surface area (Å²) in [7, 11) is 0. The van der Waals surface area contributed by atoms with Gasteiger partial charge in [-0.3, -0.25) is 9.59 Å². The van der Waals surface area contributed by atoms with Gasteiger partial charge in [0.25, 0.3) is 5.91 Å². The van der Waals surface area contributed by atoms with Crippen molar-refractivity contribution in [3.05, 3.63) is 65.2 Å². The summed E-state index contributed by atoms with van der Waals surface area (Å²) in [5.41, 5.74) is 3.40. The Labute approximate surface area is 184 Å². The van der Waals surface area contributed by atoms with Crippen LogP contribution in [0.4, 0.5) is 0 Å². The highest BCUT2D eigenvalue weighted by atomic mass is 16.5. The minimum absolute atomic E-state index is 0.0426. The van der Waals surface area contributed by atoms with E-state index in [0.29, 0.717) is 24.8 Å². The lowest BCUT2D eigenvalue weighted by atomic mass is 9.87. The van der Waals surface area contributed by atoms with E-state index in [0.717, 1.165) is 30.4 Å². The van der Waals surface area contributed by atoms with Crippen LogP contribution >= 0.6 is 0 Å². The molecule has 2 aromatic rings. The smallest absolute Gasteiger partial charge is 0.261 e. The second-order valence-electron chi connectivity index (χ2n) is 8.91. The van der Waals surface area contributed by atoms with E-state index in [9.17, 15) is 9.59 Å². The average Bonchev–Trinajstić information content (AvgIpc) is 3.60. The Bertz CT molecular complexity index is 937. The van der Waals surface area contributed by atoms with E-state index in [4.69, 9.17) is 4.74 Å². The van der Waals surface area contributed by atoms with E-state index in [1.807, 2.05) is 56.0 Å². The molecule has 31 heavy (non-hydrogen) atoms. The Morgan fingerprint density at radius 1 is 1.13 bits per heavy atom. The molecule has 0 unspecified atom stereocenters. The summed E-state index contributed by atoms with van der Waals surface area (Å²) in [5.74, 6) is 0.721. The highest BCUT2D eigenvalue weighted by Gasteiger charge is 2.34. The van der Waals surface area contributed by atoms with Gasteiger partial charge in [0.1, 0.15) is 5.75 Å². The first-order valence-electron chi connectivity index (χ1n) is 11.4. The zero-order valence-corrected chi connectivity index (χ0v) is 18.6. The van der Waals surface area contributed by atoms with Crippen LogP contribution in [0, 0.1) is 5.92 Å². The number of carbonyl (C=O) groups is 2. The fourth-order valence-corrected chi connectivity index (χ4v) is 4.24. The number of nitrogens with one attached hydrogen (secondary N) is 1. The third-order valence-electron chi connectivity index (χ3n) is 6.10. The molecular formula is C26H32N2O3. The first kappa shape index (κ1) is 21.4. The Kier molecular flexibility index (Phi) is 6.30. The van der Waals surface area contributed by atoms with E-state index >= 15 is 0 Å². The zero-order valence-electron chi connectivity index (χ0n) is 18.6. The Hall–Kier alpha value is -2.82. The van der Waals surface area contributed by atoms with E-state index < -0.39 is 6.10 Å². The largest absolute Gasteiger partial charge is 0.481 e. The number of hydrogen-bond acceptors (Lipinski definition) is 3. The van der Waals surface area contributed by atoms with Crippen molar-refractivity contribution in [2.45, 2.75) is 64.6 Å². The van der Waals surface area contributed by atoms with Crippen LogP contribution in [0.1, 0.15) is 62.8 Å². The van der Waals surface area contributed by atoms with Gasteiger partial charge in [-0.25, -0.2) is 0 Å². The molecule has 0 bridgehead atoms. The number of nitrogens with zero attached hydrogens (tertiary/aromatic N) is 1. The number of benzene rings is 2. The van der Waals surface area contributed by atoms with Crippen molar-refractivity contribution in [2.75, 3.05) is 6.54 Å². The third-order valence-corrected chi connectivity index (χ3v) is 6.10. The van der Waals surface area contributed by atoms with Gasteiger partial charge < -0.3 is 15.0 Å². The molecule has 2 aromatic carbocycles. The second kappa shape index (κ2) is 9.13. The van der Waals surface area contributed by atoms with Crippen LogP contribution in [0.2, 0.25) is 0 Å². The van der Waals surface area contributed by atoms with Crippen molar-refractivity contribution < 1.29 is 14.3 Å². The van der Waals surface area contributed by atoms with Crippen LogP contribution in [-0.4, -0.2) is 35.4 Å². The molecule has 0 aromatic heterocycles. The van der Waals surface area contributed by atoms with Gasteiger partial charge in [-0.2, -0.15) is 0 Å². The summed E-state index contributed by atoms with van der Waals surface area (Å²) in [4.78, 5) is 27.6. The lowest BCUT2D eigenvalue weighted by molar-refractivity contribution is -0.136. The monoisotopic (exact) mass is 420 g/mol. The molecule has 2 atom stereocenters. The number of ether oxygens (including phenoxy) is 1. The molecule has 2 amide bonds. The van der Waals surface area contributed by atoms with Gasteiger partial charge in [0.2, 0.25) is 5.91 Å². The highest BCUT2D eigenvalue weighted by molar-refractivity contribution is 5.82. The van der Waals surface area contributed by atoms with Crippen molar-refractivity contribution in [1.29, 1.82) is 0 Å². The molecule has 0 radical (unpaired) electrons. The van der Waals surface area contributed by atoms with Crippen molar-refractivity contribution >= 4 is 11.8 Å². The number of carbonyl (C=O) groups excluding carboxylic acids is 2. The summed E-state index contributed by atoms with van der Waals surface area (Å²) in [6.45, 7) is 6.56. The Balaban J connectivity index is 1.65. The van der Waals surface area contributed by atoms with Crippen LogP contribution in [-0.2, 0) is 16.0 Å². The fourth-order valence-electron chi connectivity index (χ4n) is 4.24. The highest BCUT2D eigenvalue weighted by Crippen LogP contribution is 2.38. The molecule has 1 saturated carbocycles. The normalized spacial score (nSPS) is 19.0. The topological polar surface area (TPSA) is 58.6 Å². The maximum atomic E-state index is 13.0. The molecule has 1 heterocycles. The summed E-state index contributed by atoms with van der Waals surface area (Å²) < 4.78 is 6.13. The number of rotatable bonds is 7. The Morgan fingerprint density at radius 3 is 2.52 bits per heavy atom. The molecule has 1 fully saturated rings. The zero-order chi connectivity index (χ0) is 22.0. The molecule has 2 aliphatic rings. The molecule has 164 valence electrons. The molecule has 1 aliphatic carbocycles. The van der Waals surface area contributed by atoms with Crippen molar-refractivity contribution in [2.24, 2.45) is 5.92 Å². The lowest BCUT2D eigenvalue weighted by Crippen LogP contribution is -2.42. The van der Waals surface area contributed by atoms with Crippen LogP contribution < -0.4 is 10.1 Å². The van der Waals surface area contributed by atoms with Gasteiger partial charge in [0.15, 0.2) is 6.10 Å². The molecule has 5 heteroatoms. The lowest BCUT2D eigenvalue weighted by Gasteiger charge is -2.39. The summed E-state index contributed by atoms with van der Waals surface area (Å²) >= 11 is 0.